The molecule has 5 nitrogen and oxygen atoms in total. The van der Waals surface area contributed by atoms with Crippen molar-refractivity contribution >= 4 is 44.4 Å². The molecule has 0 aliphatic rings. The van der Waals surface area contributed by atoms with Gasteiger partial charge in [0.05, 0.1) is 10.9 Å². The van der Waals surface area contributed by atoms with Gasteiger partial charge in [-0.15, -0.1) is 0 Å². The van der Waals surface area contributed by atoms with Crippen molar-refractivity contribution in [1.29, 1.82) is 0 Å². The first-order valence-electron chi connectivity index (χ1n) is 6.79. The molecule has 2 rings (SSSR count). The van der Waals surface area contributed by atoms with E-state index in [1.807, 2.05) is 35.6 Å². The minimum Gasteiger partial charge on any atom is -0.451 e. The van der Waals surface area contributed by atoms with Crippen LogP contribution in [0.4, 0.5) is 0 Å². The molecule has 0 fully saturated rings. The Labute approximate surface area is 148 Å². The molecule has 1 aromatic carbocycles. The van der Waals surface area contributed by atoms with E-state index in [4.69, 9.17) is 4.42 Å². The molecule has 0 spiro atoms. The maximum absolute atomic E-state index is 11.9. The highest BCUT2D eigenvalue weighted by Gasteiger charge is 2.10. The lowest BCUT2D eigenvalue weighted by molar-refractivity contribution is -0.117. The standard InChI is InChI=1S/C16H16INO4S/c1-11(12-3-7-14(8-4-12)23(2,20)21)18-16(19)10-6-13-5-9-15(17)22-13/h3-11H,1-2H3,(H,18,19)/b10-6+. The topological polar surface area (TPSA) is 76.4 Å². The maximum atomic E-state index is 11.9. The van der Waals surface area contributed by atoms with Gasteiger partial charge in [-0.3, -0.25) is 4.79 Å². The number of rotatable bonds is 5. The summed E-state index contributed by atoms with van der Waals surface area (Å²) >= 11 is 2.05. The van der Waals surface area contributed by atoms with Crippen molar-refractivity contribution in [1.82, 2.24) is 5.32 Å². The summed E-state index contributed by atoms with van der Waals surface area (Å²) in [5.74, 6) is 0.353. The summed E-state index contributed by atoms with van der Waals surface area (Å²) in [5.41, 5.74) is 0.826. The Morgan fingerprint density at radius 2 is 1.87 bits per heavy atom. The van der Waals surface area contributed by atoms with E-state index in [0.29, 0.717) is 5.76 Å². The van der Waals surface area contributed by atoms with Crippen LogP contribution in [0.3, 0.4) is 0 Å². The first kappa shape index (κ1) is 17.7. The SMILES string of the molecule is CC(NC(=O)/C=C/c1ccc(I)o1)c1ccc(S(C)(=O)=O)cc1. The zero-order valence-corrected chi connectivity index (χ0v) is 15.6. The lowest BCUT2D eigenvalue weighted by Gasteiger charge is -2.13. The molecule has 23 heavy (non-hydrogen) atoms. The first-order chi connectivity index (χ1) is 10.8. The number of sulfone groups is 1. The minimum atomic E-state index is -3.22. The van der Waals surface area contributed by atoms with Crippen molar-refractivity contribution in [3.63, 3.8) is 0 Å². The van der Waals surface area contributed by atoms with Gasteiger partial charge in [0.1, 0.15) is 5.76 Å². The van der Waals surface area contributed by atoms with Crippen LogP contribution in [0.15, 0.2) is 51.8 Å². The maximum Gasteiger partial charge on any atom is 0.244 e. The number of amides is 1. The van der Waals surface area contributed by atoms with Crippen LogP contribution >= 0.6 is 22.6 Å². The Hall–Kier alpha value is -1.61. The lowest BCUT2D eigenvalue weighted by Crippen LogP contribution is -2.24. The molecule has 1 unspecified atom stereocenters. The molecule has 122 valence electrons. The van der Waals surface area contributed by atoms with Gasteiger partial charge in [-0.05, 0) is 65.4 Å². The number of carbonyl (C=O) groups is 1. The monoisotopic (exact) mass is 445 g/mol. The molecule has 0 aliphatic carbocycles. The molecule has 1 N–H and O–H groups in total. The van der Waals surface area contributed by atoms with Gasteiger partial charge in [-0.1, -0.05) is 12.1 Å². The van der Waals surface area contributed by atoms with Crippen LogP contribution in [0.2, 0.25) is 0 Å². The van der Waals surface area contributed by atoms with E-state index in [1.54, 1.807) is 24.3 Å². The fraction of sp³-hybridized carbons (Fsp3) is 0.188. The van der Waals surface area contributed by atoms with E-state index in [-0.39, 0.29) is 16.8 Å². The van der Waals surface area contributed by atoms with Crippen LogP contribution in [0.25, 0.3) is 6.08 Å². The van der Waals surface area contributed by atoms with Gasteiger partial charge < -0.3 is 9.73 Å². The lowest BCUT2D eigenvalue weighted by atomic mass is 10.1. The van der Waals surface area contributed by atoms with Crippen LogP contribution < -0.4 is 5.32 Å². The Kier molecular flexibility index (Phi) is 5.64. The van der Waals surface area contributed by atoms with Crippen LogP contribution in [0, 0.1) is 3.77 Å². The highest BCUT2D eigenvalue weighted by molar-refractivity contribution is 14.1. The third-order valence-electron chi connectivity index (χ3n) is 3.16. The second-order valence-corrected chi connectivity index (χ2v) is 8.13. The molecule has 0 aliphatic heterocycles. The molecule has 1 aromatic heterocycles. The summed E-state index contributed by atoms with van der Waals surface area (Å²) in [7, 11) is -3.22. The molecular formula is C16H16INO4S. The second kappa shape index (κ2) is 7.31. The number of benzene rings is 1. The molecule has 1 heterocycles. The predicted octanol–water partition coefficient (Wildman–Crippen LogP) is 3.18. The van der Waals surface area contributed by atoms with Gasteiger partial charge in [0.25, 0.3) is 0 Å². The van der Waals surface area contributed by atoms with Crippen LogP contribution in [0.1, 0.15) is 24.3 Å². The first-order valence-corrected chi connectivity index (χ1v) is 9.76. The van der Waals surface area contributed by atoms with E-state index < -0.39 is 9.84 Å². The zero-order valence-electron chi connectivity index (χ0n) is 12.6. The number of halogens is 1. The van der Waals surface area contributed by atoms with Crippen LogP contribution in [0.5, 0.6) is 0 Å². The Bertz CT molecular complexity index is 822. The van der Waals surface area contributed by atoms with Gasteiger partial charge in [-0.2, -0.15) is 0 Å². The number of hydrogen-bond donors (Lipinski definition) is 1. The molecule has 1 amide bonds. The largest absolute Gasteiger partial charge is 0.451 e. The highest BCUT2D eigenvalue weighted by Crippen LogP contribution is 2.16. The van der Waals surface area contributed by atoms with Crippen LogP contribution in [-0.4, -0.2) is 20.6 Å². The summed E-state index contributed by atoms with van der Waals surface area (Å²) in [4.78, 5) is 12.2. The molecule has 1 atom stereocenters. The fourth-order valence-corrected chi connectivity index (χ4v) is 2.99. The van der Waals surface area contributed by atoms with E-state index >= 15 is 0 Å². The third kappa shape index (κ3) is 5.21. The van der Waals surface area contributed by atoms with Gasteiger partial charge in [0.15, 0.2) is 13.6 Å². The van der Waals surface area contributed by atoms with Crippen molar-refractivity contribution in [3.8, 4) is 0 Å². The van der Waals surface area contributed by atoms with E-state index in [1.165, 1.54) is 18.2 Å². The molecular weight excluding hydrogens is 429 g/mol. The molecule has 0 radical (unpaired) electrons. The van der Waals surface area contributed by atoms with Crippen molar-refractivity contribution < 1.29 is 17.6 Å². The summed E-state index contributed by atoms with van der Waals surface area (Å²) < 4.78 is 28.9. The Morgan fingerprint density at radius 3 is 2.39 bits per heavy atom. The van der Waals surface area contributed by atoms with Gasteiger partial charge in [0.2, 0.25) is 5.91 Å². The predicted molar refractivity (Wildman–Crippen MR) is 96.6 cm³/mol. The summed E-state index contributed by atoms with van der Waals surface area (Å²) in [6.45, 7) is 1.83. The molecule has 0 bridgehead atoms. The highest BCUT2D eigenvalue weighted by atomic mass is 127. The molecule has 2 aromatic rings. The quantitative estimate of drug-likeness (QED) is 0.567. The fourth-order valence-electron chi connectivity index (χ4n) is 1.92. The molecule has 7 heteroatoms. The van der Waals surface area contributed by atoms with E-state index in [0.717, 1.165) is 15.6 Å². The van der Waals surface area contributed by atoms with E-state index in [2.05, 4.69) is 5.32 Å². The van der Waals surface area contributed by atoms with E-state index in [9.17, 15) is 13.2 Å². The summed E-state index contributed by atoms with van der Waals surface area (Å²) in [5, 5.41) is 2.81. The minimum absolute atomic E-state index is 0.238. The Balaban J connectivity index is 1.99. The number of carbonyl (C=O) groups excluding carboxylic acids is 1. The van der Waals surface area contributed by atoms with Crippen LogP contribution in [-0.2, 0) is 14.6 Å². The average molecular weight is 445 g/mol. The van der Waals surface area contributed by atoms with Crippen molar-refractivity contribution in [2.75, 3.05) is 6.26 Å². The van der Waals surface area contributed by atoms with Gasteiger partial charge in [-0.25, -0.2) is 8.42 Å². The third-order valence-corrected chi connectivity index (χ3v) is 4.87. The van der Waals surface area contributed by atoms with Crippen molar-refractivity contribution in [2.24, 2.45) is 0 Å². The Morgan fingerprint density at radius 1 is 1.22 bits per heavy atom. The zero-order chi connectivity index (χ0) is 17.0. The smallest absolute Gasteiger partial charge is 0.244 e. The normalized spacial score (nSPS) is 13.2. The summed E-state index contributed by atoms with van der Waals surface area (Å²) in [6.07, 6.45) is 4.15. The number of nitrogens with one attached hydrogen (secondary N) is 1. The summed E-state index contributed by atoms with van der Waals surface area (Å²) in [6, 6.07) is 9.81. The average Bonchev–Trinajstić information content (AvgIpc) is 2.90. The number of hydrogen-bond acceptors (Lipinski definition) is 4. The van der Waals surface area contributed by atoms with Gasteiger partial charge in [0, 0.05) is 12.3 Å². The second-order valence-electron chi connectivity index (χ2n) is 5.05. The van der Waals surface area contributed by atoms with Crippen molar-refractivity contribution in [3.05, 3.63) is 57.6 Å². The molecule has 0 saturated heterocycles. The van der Waals surface area contributed by atoms with Crippen molar-refractivity contribution in [2.45, 2.75) is 17.9 Å². The number of furan rings is 1. The molecule has 0 saturated carbocycles. The van der Waals surface area contributed by atoms with Gasteiger partial charge >= 0.3 is 0 Å².